The first kappa shape index (κ1) is 36.2. The lowest BCUT2D eigenvalue weighted by molar-refractivity contribution is -0.298. The molecule has 51 heavy (non-hydrogen) atoms. The number of fused-ring (bicyclic) bond motifs is 3. The van der Waals surface area contributed by atoms with Gasteiger partial charge in [-0.1, -0.05) is 12.1 Å². The van der Waals surface area contributed by atoms with Crippen LogP contribution in [0.3, 0.4) is 0 Å². The van der Waals surface area contributed by atoms with Gasteiger partial charge in [-0.05, 0) is 46.3 Å². The first-order valence-corrected chi connectivity index (χ1v) is 17.5. The van der Waals surface area contributed by atoms with Gasteiger partial charge in [0.1, 0.15) is 23.6 Å². The molecule has 6 aliphatic rings. The second-order valence-electron chi connectivity index (χ2n) is 15.1. The Balaban J connectivity index is 1.04. The van der Waals surface area contributed by atoms with Gasteiger partial charge in [0.15, 0.2) is 41.3 Å². The Kier molecular flexibility index (Phi) is 9.04. The van der Waals surface area contributed by atoms with Gasteiger partial charge in [-0.3, -0.25) is 19.2 Å². The van der Waals surface area contributed by atoms with Gasteiger partial charge in [0.05, 0.1) is 47.3 Å². The number of hydrogen-bond donors (Lipinski definition) is 5. The van der Waals surface area contributed by atoms with Crippen molar-refractivity contribution in [1.29, 1.82) is 0 Å². The first-order chi connectivity index (χ1) is 23.9. The maximum Gasteiger partial charge on any atom is 0.198 e. The molecule has 14 nitrogen and oxygen atoms in total. The van der Waals surface area contributed by atoms with Crippen molar-refractivity contribution in [3.05, 3.63) is 52.1 Å². The highest BCUT2D eigenvalue weighted by Gasteiger charge is 2.66. The molecule has 7 rings (SSSR count). The molecule has 3 saturated heterocycles. The summed E-state index contributed by atoms with van der Waals surface area (Å²) in [5.41, 5.74) is -8.21. The van der Waals surface area contributed by atoms with Gasteiger partial charge in [-0.2, -0.15) is 0 Å². The van der Waals surface area contributed by atoms with E-state index in [9.17, 15) is 44.7 Å². The number of aromatic hydroxyl groups is 1. The molecule has 0 radical (unpaired) electrons. The first-order valence-electron chi connectivity index (χ1n) is 17.5. The minimum Gasteiger partial charge on any atom is -0.507 e. The summed E-state index contributed by atoms with van der Waals surface area (Å²) < 4.78 is 30.2. The highest BCUT2D eigenvalue weighted by Crippen LogP contribution is 2.52. The minimum absolute atomic E-state index is 0.0253. The standard InChI is InChI=1S/C37H44O14/c1-16-22(38)7-9-27(48-16)50-24-8-10-28(49-17(24)2)51-34-18(3)47-25(13-23(34)39)19-5-6-20-29(31(19)41)32(42)21-11-12-36(45)15-35(4,44)14-26(40)37(36,46)30(21)33(20)43/h5-6,11-12,16-18,23-25,27-28,34,39,41,44-46H,7-10,13-15H2,1-4H3. The molecule has 1 aromatic rings. The predicted octanol–water partition coefficient (Wildman–Crippen LogP) is 1.81. The summed E-state index contributed by atoms with van der Waals surface area (Å²) in [5, 5.41) is 56.2. The summed E-state index contributed by atoms with van der Waals surface area (Å²) in [7, 11) is 0. The average Bonchev–Trinajstić information content (AvgIpc) is 3.04. The lowest BCUT2D eigenvalue weighted by Gasteiger charge is -2.51. The molecule has 3 aliphatic carbocycles. The number of phenols is 1. The number of phenolic OH excluding ortho intramolecular Hbond substituents is 1. The minimum atomic E-state index is -2.78. The normalized spacial score (nSPS) is 42.8. The number of carbonyl (C=O) groups is 4. The molecule has 0 bridgehead atoms. The Hall–Kier alpha value is -3.18. The van der Waals surface area contributed by atoms with Gasteiger partial charge < -0.3 is 49.2 Å². The van der Waals surface area contributed by atoms with E-state index in [1.54, 1.807) is 13.8 Å². The van der Waals surface area contributed by atoms with E-state index in [1.807, 2.05) is 6.92 Å². The van der Waals surface area contributed by atoms with Crippen molar-refractivity contribution in [2.75, 3.05) is 0 Å². The maximum atomic E-state index is 13.9. The van der Waals surface area contributed by atoms with Crippen molar-refractivity contribution < 1.29 is 68.4 Å². The highest BCUT2D eigenvalue weighted by atomic mass is 16.7. The Bertz CT molecular complexity index is 1720. The second-order valence-corrected chi connectivity index (χ2v) is 15.1. The van der Waals surface area contributed by atoms with Crippen molar-refractivity contribution >= 4 is 23.1 Å². The van der Waals surface area contributed by atoms with E-state index < -0.39 is 101 Å². The van der Waals surface area contributed by atoms with E-state index in [4.69, 9.17) is 23.7 Å². The lowest BCUT2D eigenvalue weighted by Crippen LogP contribution is -2.69. The highest BCUT2D eigenvalue weighted by molar-refractivity contribution is 6.32. The molecule has 14 heteroatoms. The molecule has 276 valence electrons. The van der Waals surface area contributed by atoms with Crippen LogP contribution < -0.4 is 0 Å². The number of ether oxygens (including phenoxy) is 5. The fourth-order valence-corrected chi connectivity index (χ4v) is 8.53. The van der Waals surface area contributed by atoms with Gasteiger partial charge >= 0.3 is 0 Å². The Morgan fingerprint density at radius 2 is 1.61 bits per heavy atom. The molecule has 3 heterocycles. The van der Waals surface area contributed by atoms with E-state index in [0.717, 1.165) is 12.2 Å². The molecular weight excluding hydrogens is 668 g/mol. The SMILES string of the molecule is CC1OC(OC2CCC(OC3C(O)CC(c4ccc5c(c4O)C(=O)C4=C(C5=O)C5(O)C(=O)CC(C)(O)CC5(O)C=C4)OC3C)OC2C)CCC1=O. The number of aliphatic hydroxyl groups is 4. The van der Waals surface area contributed by atoms with Crippen LogP contribution in [0.15, 0.2) is 35.4 Å². The van der Waals surface area contributed by atoms with Crippen molar-refractivity contribution in [1.82, 2.24) is 0 Å². The van der Waals surface area contributed by atoms with Crippen LogP contribution in [0.2, 0.25) is 0 Å². The van der Waals surface area contributed by atoms with E-state index in [2.05, 4.69) is 0 Å². The Morgan fingerprint density at radius 1 is 0.882 bits per heavy atom. The Labute approximate surface area is 294 Å². The zero-order valence-electron chi connectivity index (χ0n) is 28.9. The van der Waals surface area contributed by atoms with Crippen LogP contribution >= 0.6 is 0 Å². The molecule has 0 aromatic heterocycles. The van der Waals surface area contributed by atoms with Crippen LogP contribution in [0.25, 0.3) is 0 Å². The fourth-order valence-electron chi connectivity index (χ4n) is 8.53. The summed E-state index contributed by atoms with van der Waals surface area (Å²) in [5.74, 6) is -3.27. The number of Topliss-reactive ketones (excluding diaryl/α,β-unsaturated/α-hetero) is 4. The molecule has 0 amide bonds. The molecular formula is C37H44O14. The lowest BCUT2D eigenvalue weighted by atomic mass is 9.57. The van der Waals surface area contributed by atoms with Crippen LogP contribution in [0.4, 0.5) is 0 Å². The monoisotopic (exact) mass is 712 g/mol. The van der Waals surface area contributed by atoms with Gasteiger partial charge in [-0.15, -0.1) is 0 Å². The largest absolute Gasteiger partial charge is 0.507 e. The van der Waals surface area contributed by atoms with Crippen LogP contribution in [-0.2, 0) is 33.3 Å². The molecule has 1 saturated carbocycles. The number of allylic oxidation sites excluding steroid dienone is 2. The third kappa shape index (κ3) is 5.94. The number of carbonyl (C=O) groups excluding carboxylic acids is 4. The van der Waals surface area contributed by atoms with Crippen molar-refractivity contribution in [3.8, 4) is 5.75 Å². The summed E-state index contributed by atoms with van der Waals surface area (Å²) >= 11 is 0. The smallest absolute Gasteiger partial charge is 0.198 e. The number of rotatable bonds is 5. The van der Waals surface area contributed by atoms with Crippen molar-refractivity contribution in [2.45, 2.75) is 145 Å². The molecule has 5 N–H and O–H groups in total. The van der Waals surface area contributed by atoms with Crippen LogP contribution in [-0.4, -0.2) is 115 Å². The summed E-state index contributed by atoms with van der Waals surface area (Å²) in [6.45, 7) is 6.60. The van der Waals surface area contributed by atoms with E-state index in [-0.39, 0.29) is 46.7 Å². The second kappa shape index (κ2) is 12.7. The van der Waals surface area contributed by atoms with E-state index >= 15 is 0 Å². The summed E-state index contributed by atoms with van der Waals surface area (Å²) in [4.78, 5) is 52.8. The summed E-state index contributed by atoms with van der Waals surface area (Å²) in [6.07, 6.45) is -2.64. The van der Waals surface area contributed by atoms with Gasteiger partial charge in [0.25, 0.3) is 0 Å². The number of aliphatic hydroxyl groups excluding tert-OH is 1. The topological polar surface area (TPSA) is 216 Å². The molecule has 3 aliphatic heterocycles. The van der Waals surface area contributed by atoms with E-state index in [1.165, 1.54) is 19.1 Å². The average molecular weight is 713 g/mol. The van der Waals surface area contributed by atoms with Crippen LogP contribution in [0.1, 0.15) is 105 Å². The summed E-state index contributed by atoms with van der Waals surface area (Å²) in [6, 6.07) is 2.67. The number of ketones is 4. The predicted molar refractivity (Wildman–Crippen MR) is 174 cm³/mol. The zero-order chi connectivity index (χ0) is 36.8. The van der Waals surface area contributed by atoms with Crippen molar-refractivity contribution in [2.24, 2.45) is 0 Å². The number of benzene rings is 1. The molecule has 1 aromatic carbocycles. The van der Waals surface area contributed by atoms with Crippen LogP contribution in [0.5, 0.6) is 5.75 Å². The molecule has 0 spiro atoms. The van der Waals surface area contributed by atoms with Gasteiger partial charge in [0.2, 0.25) is 0 Å². The van der Waals surface area contributed by atoms with Gasteiger partial charge in [-0.25, -0.2) is 0 Å². The molecule has 12 unspecified atom stereocenters. The zero-order valence-corrected chi connectivity index (χ0v) is 28.9. The quantitative estimate of drug-likeness (QED) is 0.295. The Morgan fingerprint density at radius 3 is 2.29 bits per heavy atom. The van der Waals surface area contributed by atoms with Gasteiger partial charge in [0, 0.05) is 55.2 Å². The molecule has 4 fully saturated rings. The number of hydrogen-bond acceptors (Lipinski definition) is 14. The third-order valence-corrected chi connectivity index (χ3v) is 11.2. The van der Waals surface area contributed by atoms with Crippen molar-refractivity contribution in [3.63, 3.8) is 0 Å². The maximum absolute atomic E-state index is 13.9. The molecule has 12 atom stereocenters. The van der Waals surface area contributed by atoms with Crippen LogP contribution in [0, 0.1) is 0 Å². The fraction of sp³-hybridized carbons (Fsp3) is 0.622. The third-order valence-electron chi connectivity index (χ3n) is 11.2. The van der Waals surface area contributed by atoms with E-state index in [0.29, 0.717) is 25.7 Å².